The van der Waals surface area contributed by atoms with Crippen LogP contribution < -0.4 is 10.1 Å². The Balaban J connectivity index is 1.38. The summed E-state index contributed by atoms with van der Waals surface area (Å²) in [6, 6.07) is 7.16. The van der Waals surface area contributed by atoms with E-state index in [1.807, 2.05) is 29.1 Å². The number of methoxy groups -OCH3 is 1. The molecule has 0 saturated carbocycles. The van der Waals surface area contributed by atoms with Gasteiger partial charge in [-0.05, 0) is 30.7 Å². The lowest BCUT2D eigenvalue weighted by Gasteiger charge is -2.35. The number of aliphatic hydroxyl groups is 1. The van der Waals surface area contributed by atoms with Crippen molar-refractivity contribution < 1.29 is 14.6 Å². The van der Waals surface area contributed by atoms with Crippen LogP contribution in [0.4, 0.5) is 0 Å². The zero-order valence-corrected chi connectivity index (χ0v) is 15.8. The Morgan fingerprint density at radius 2 is 2.37 bits per heavy atom. The number of thiazole rings is 1. The van der Waals surface area contributed by atoms with E-state index in [4.69, 9.17) is 4.74 Å². The normalized spacial score (nSPS) is 20.7. The van der Waals surface area contributed by atoms with Crippen molar-refractivity contribution in [3.05, 3.63) is 46.5 Å². The van der Waals surface area contributed by atoms with E-state index in [0.717, 1.165) is 35.4 Å². The quantitative estimate of drug-likeness (QED) is 0.624. The van der Waals surface area contributed by atoms with Crippen molar-refractivity contribution in [1.82, 2.24) is 20.2 Å². The van der Waals surface area contributed by atoms with E-state index < -0.39 is 6.10 Å². The molecular formula is C19H22N4O3S. The topological polar surface area (TPSA) is 90.5 Å². The lowest BCUT2D eigenvalue weighted by Crippen LogP contribution is -2.53. The molecule has 27 heavy (non-hydrogen) atoms. The highest BCUT2D eigenvalue weighted by Crippen LogP contribution is 2.22. The molecule has 1 fully saturated rings. The first-order chi connectivity index (χ1) is 13.1. The minimum absolute atomic E-state index is 0.206. The van der Waals surface area contributed by atoms with E-state index in [0.29, 0.717) is 18.7 Å². The summed E-state index contributed by atoms with van der Waals surface area (Å²) in [5, 5.41) is 16.4. The predicted octanol–water partition coefficient (Wildman–Crippen LogP) is 2.00. The number of benzene rings is 1. The van der Waals surface area contributed by atoms with E-state index in [1.165, 1.54) is 0 Å². The molecule has 0 bridgehead atoms. The van der Waals surface area contributed by atoms with Crippen molar-refractivity contribution in [2.24, 2.45) is 0 Å². The number of nitrogens with one attached hydrogen (secondary N) is 2. The molecule has 0 radical (unpaired) electrons. The highest BCUT2D eigenvalue weighted by atomic mass is 32.1. The number of fused-ring (bicyclic) bond motifs is 1. The van der Waals surface area contributed by atoms with Gasteiger partial charge in [0.25, 0.3) is 5.91 Å². The first-order valence-corrected chi connectivity index (χ1v) is 9.82. The summed E-state index contributed by atoms with van der Waals surface area (Å²) in [5.74, 6) is 0.540. The van der Waals surface area contributed by atoms with Gasteiger partial charge in [0.2, 0.25) is 0 Å². The molecule has 1 aliphatic rings. The number of likely N-dealkylation sites (tertiary alicyclic amines) is 1. The average Bonchev–Trinajstić information content (AvgIpc) is 3.32. The van der Waals surface area contributed by atoms with Crippen LogP contribution in [0, 0.1) is 0 Å². The molecule has 0 aliphatic carbocycles. The van der Waals surface area contributed by atoms with Gasteiger partial charge in [0, 0.05) is 35.9 Å². The minimum atomic E-state index is -0.606. The number of H-pyrrole nitrogens is 1. The Hall–Kier alpha value is -2.42. The molecule has 7 nitrogen and oxygen atoms in total. The van der Waals surface area contributed by atoms with Gasteiger partial charge in [-0.3, -0.25) is 9.69 Å². The van der Waals surface area contributed by atoms with Gasteiger partial charge in [0.1, 0.15) is 11.4 Å². The fraction of sp³-hybridized carbons (Fsp3) is 0.368. The minimum Gasteiger partial charge on any atom is -0.497 e. The maximum Gasteiger partial charge on any atom is 0.268 e. The fourth-order valence-electron chi connectivity index (χ4n) is 3.46. The summed E-state index contributed by atoms with van der Waals surface area (Å²) in [7, 11) is 1.61. The molecule has 0 unspecified atom stereocenters. The molecule has 1 aromatic carbocycles. The number of rotatable bonds is 5. The Kier molecular flexibility index (Phi) is 5.11. The van der Waals surface area contributed by atoms with Crippen LogP contribution in [0.25, 0.3) is 10.9 Å². The highest BCUT2D eigenvalue weighted by molar-refractivity contribution is 7.07. The largest absolute Gasteiger partial charge is 0.497 e. The molecule has 2 atom stereocenters. The monoisotopic (exact) mass is 386 g/mol. The van der Waals surface area contributed by atoms with Gasteiger partial charge in [-0.25, -0.2) is 4.98 Å². The summed E-state index contributed by atoms with van der Waals surface area (Å²) in [6.45, 7) is 2.06. The second kappa shape index (κ2) is 7.67. The van der Waals surface area contributed by atoms with Gasteiger partial charge in [0.05, 0.1) is 30.5 Å². The SMILES string of the molecule is COc1ccc2[nH]c(C(=O)N[C@@H]3CCN(Cc4cscn4)C[C@H]3O)cc2c1. The van der Waals surface area contributed by atoms with Crippen LogP contribution in [0.15, 0.2) is 35.2 Å². The Bertz CT molecular complexity index is 924. The van der Waals surface area contributed by atoms with Gasteiger partial charge < -0.3 is 20.1 Å². The van der Waals surface area contributed by atoms with E-state index in [2.05, 4.69) is 20.2 Å². The van der Waals surface area contributed by atoms with Gasteiger partial charge in [-0.2, -0.15) is 0 Å². The molecule has 1 amide bonds. The van der Waals surface area contributed by atoms with Crippen LogP contribution in [0.3, 0.4) is 0 Å². The van der Waals surface area contributed by atoms with Crippen molar-refractivity contribution in [1.29, 1.82) is 0 Å². The molecule has 0 spiro atoms. The number of hydrogen-bond donors (Lipinski definition) is 3. The molecular weight excluding hydrogens is 364 g/mol. The molecule has 1 saturated heterocycles. The summed E-state index contributed by atoms with van der Waals surface area (Å²) in [5.41, 5.74) is 4.19. The van der Waals surface area contributed by atoms with Crippen molar-refractivity contribution in [3.63, 3.8) is 0 Å². The van der Waals surface area contributed by atoms with Crippen LogP contribution in [-0.2, 0) is 6.54 Å². The molecule has 142 valence electrons. The number of aromatic nitrogens is 2. The molecule has 3 aromatic rings. The van der Waals surface area contributed by atoms with Crippen LogP contribution in [0.1, 0.15) is 22.6 Å². The van der Waals surface area contributed by atoms with E-state index in [1.54, 1.807) is 24.5 Å². The first-order valence-electron chi connectivity index (χ1n) is 8.87. The molecule has 8 heteroatoms. The average molecular weight is 386 g/mol. The fourth-order valence-corrected chi connectivity index (χ4v) is 4.01. The van der Waals surface area contributed by atoms with Crippen molar-refractivity contribution in [3.8, 4) is 5.75 Å². The third kappa shape index (κ3) is 3.97. The van der Waals surface area contributed by atoms with Crippen LogP contribution in [0.2, 0.25) is 0 Å². The number of ether oxygens (including phenoxy) is 1. The van der Waals surface area contributed by atoms with Gasteiger partial charge in [-0.1, -0.05) is 0 Å². The lowest BCUT2D eigenvalue weighted by atomic mass is 10.0. The standard InChI is InChI=1S/C19H22N4O3S/c1-26-14-2-3-15-12(6-14)7-17(21-15)19(25)22-16-4-5-23(9-18(16)24)8-13-10-27-11-20-13/h2-3,6-7,10-11,16,18,21,24H,4-5,8-9H2,1H3,(H,22,25)/t16-,18-/m1/s1. The molecule has 2 aromatic heterocycles. The predicted molar refractivity (Wildman–Crippen MR) is 104 cm³/mol. The van der Waals surface area contributed by atoms with Crippen molar-refractivity contribution >= 4 is 28.1 Å². The Morgan fingerprint density at radius 3 is 3.11 bits per heavy atom. The Morgan fingerprint density at radius 1 is 1.48 bits per heavy atom. The maximum absolute atomic E-state index is 12.6. The third-order valence-corrected chi connectivity index (χ3v) is 5.56. The number of aromatic amines is 1. The zero-order chi connectivity index (χ0) is 18.8. The summed E-state index contributed by atoms with van der Waals surface area (Å²) in [6.07, 6.45) is 0.0938. The van der Waals surface area contributed by atoms with E-state index >= 15 is 0 Å². The number of hydrogen-bond acceptors (Lipinski definition) is 6. The van der Waals surface area contributed by atoms with E-state index in [-0.39, 0.29) is 11.9 Å². The zero-order valence-electron chi connectivity index (χ0n) is 15.0. The van der Waals surface area contributed by atoms with Crippen LogP contribution in [0.5, 0.6) is 5.75 Å². The Labute approximate surface area is 161 Å². The first kappa shape index (κ1) is 18.0. The number of carbonyl (C=O) groups is 1. The second-order valence-electron chi connectivity index (χ2n) is 6.79. The van der Waals surface area contributed by atoms with Gasteiger partial charge >= 0.3 is 0 Å². The molecule has 1 aliphatic heterocycles. The maximum atomic E-state index is 12.6. The van der Waals surface area contributed by atoms with Crippen molar-refractivity contribution in [2.45, 2.75) is 25.1 Å². The van der Waals surface area contributed by atoms with E-state index in [9.17, 15) is 9.90 Å². The molecule has 4 rings (SSSR count). The van der Waals surface area contributed by atoms with Crippen LogP contribution >= 0.6 is 11.3 Å². The number of β-amino-alcohol motifs (C(OH)–C–C–N with tert-alkyl or cyclic N) is 1. The van der Waals surface area contributed by atoms with Gasteiger partial charge in [-0.15, -0.1) is 11.3 Å². The number of carbonyl (C=O) groups excluding carboxylic acids is 1. The number of aliphatic hydroxyl groups excluding tert-OH is 1. The van der Waals surface area contributed by atoms with Crippen molar-refractivity contribution in [2.75, 3.05) is 20.2 Å². The second-order valence-corrected chi connectivity index (χ2v) is 7.51. The molecule has 3 heterocycles. The highest BCUT2D eigenvalue weighted by Gasteiger charge is 2.29. The lowest BCUT2D eigenvalue weighted by molar-refractivity contribution is 0.0345. The van der Waals surface area contributed by atoms with Gasteiger partial charge in [0.15, 0.2) is 0 Å². The summed E-state index contributed by atoms with van der Waals surface area (Å²) >= 11 is 1.57. The molecule has 3 N–H and O–H groups in total. The summed E-state index contributed by atoms with van der Waals surface area (Å²) < 4.78 is 5.22. The number of nitrogens with zero attached hydrogens (tertiary/aromatic N) is 2. The number of amides is 1. The number of piperidine rings is 1. The third-order valence-electron chi connectivity index (χ3n) is 4.92. The smallest absolute Gasteiger partial charge is 0.268 e. The van der Waals surface area contributed by atoms with Crippen LogP contribution in [-0.4, -0.2) is 58.2 Å². The summed E-state index contributed by atoms with van der Waals surface area (Å²) in [4.78, 5) is 22.2.